The molecule has 0 bridgehead atoms. The third-order valence-electron chi connectivity index (χ3n) is 5.97. The predicted molar refractivity (Wildman–Crippen MR) is 100 cm³/mol. The maximum absolute atomic E-state index is 14.3. The summed E-state index contributed by atoms with van der Waals surface area (Å²) in [6.07, 6.45) is 0.595. The van der Waals surface area contributed by atoms with Crippen molar-refractivity contribution in [3.8, 4) is 0 Å². The summed E-state index contributed by atoms with van der Waals surface area (Å²) in [7, 11) is 0. The number of halogens is 2. The first-order chi connectivity index (χ1) is 13.9. The van der Waals surface area contributed by atoms with E-state index >= 15 is 0 Å². The fourth-order valence-electron chi connectivity index (χ4n) is 4.31. The molecule has 7 nitrogen and oxygen atoms in total. The smallest absolute Gasteiger partial charge is 0.264 e. The molecule has 2 atom stereocenters. The lowest BCUT2D eigenvalue weighted by atomic mass is 10.0. The van der Waals surface area contributed by atoms with Crippen molar-refractivity contribution >= 4 is 17.7 Å². The molecule has 0 spiro atoms. The maximum atomic E-state index is 14.3. The number of nitrogens with one attached hydrogen (secondary N) is 3. The van der Waals surface area contributed by atoms with Crippen LogP contribution in [0, 0.1) is 0 Å². The van der Waals surface area contributed by atoms with Gasteiger partial charge in [0.1, 0.15) is 6.04 Å². The van der Waals surface area contributed by atoms with Crippen molar-refractivity contribution in [3.63, 3.8) is 0 Å². The minimum absolute atomic E-state index is 0.190. The molecule has 3 amide bonds. The van der Waals surface area contributed by atoms with Crippen molar-refractivity contribution in [2.24, 2.45) is 0 Å². The van der Waals surface area contributed by atoms with E-state index in [0.717, 1.165) is 11.1 Å². The average molecular weight is 406 g/mol. The van der Waals surface area contributed by atoms with E-state index in [4.69, 9.17) is 0 Å². The fourth-order valence-corrected chi connectivity index (χ4v) is 4.31. The van der Waals surface area contributed by atoms with Gasteiger partial charge in [-0.25, -0.2) is 8.78 Å². The second-order valence-electron chi connectivity index (χ2n) is 7.83. The molecule has 2 unspecified atom stereocenters. The number of nitrogens with zero attached hydrogens (tertiary/aromatic N) is 1. The van der Waals surface area contributed by atoms with Gasteiger partial charge in [-0.05, 0) is 36.6 Å². The Labute approximate surface area is 167 Å². The molecule has 3 aliphatic rings. The highest BCUT2D eigenvalue weighted by molar-refractivity contribution is 6.05. The van der Waals surface area contributed by atoms with E-state index in [2.05, 4.69) is 16.0 Å². The molecule has 2 fully saturated rings. The number of fused-ring (bicyclic) bond motifs is 1. The molecular formula is C20H24F2N4O3. The van der Waals surface area contributed by atoms with Crippen LogP contribution in [0.15, 0.2) is 18.2 Å². The summed E-state index contributed by atoms with van der Waals surface area (Å²) >= 11 is 0. The SMILES string of the molecule is O=C1CCC(N2Cc3c(CNC4CCNCCC4(F)F)cccc3C2=O)C(=O)N1. The maximum Gasteiger partial charge on any atom is 0.264 e. The van der Waals surface area contributed by atoms with Crippen molar-refractivity contribution in [2.45, 2.75) is 56.8 Å². The molecule has 1 aromatic rings. The first-order valence-electron chi connectivity index (χ1n) is 9.94. The van der Waals surface area contributed by atoms with Crippen molar-refractivity contribution in [2.75, 3.05) is 13.1 Å². The Balaban J connectivity index is 1.50. The summed E-state index contributed by atoms with van der Waals surface area (Å²) in [6, 6.07) is 3.62. The van der Waals surface area contributed by atoms with E-state index in [0.29, 0.717) is 31.5 Å². The molecule has 0 aliphatic carbocycles. The zero-order chi connectivity index (χ0) is 20.6. The molecule has 2 saturated heterocycles. The Hall–Kier alpha value is -2.39. The Morgan fingerprint density at radius 2 is 2.00 bits per heavy atom. The standard InChI is InChI=1S/C20H24F2N4O3/c21-20(22)7-9-23-8-6-16(20)24-10-12-2-1-3-13-14(12)11-26(19(13)29)15-4-5-17(27)25-18(15)28/h1-3,15-16,23-24H,4-11H2,(H,25,27,28). The monoisotopic (exact) mass is 406 g/mol. The number of hydrogen-bond acceptors (Lipinski definition) is 5. The highest BCUT2D eigenvalue weighted by Gasteiger charge is 2.41. The molecule has 3 N–H and O–H groups in total. The second kappa shape index (κ2) is 7.79. The summed E-state index contributed by atoms with van der Waals surface area (Å²) < 4.78 is 28.6. The van der Waals surface area contributed by atoms with Gasteiger partial charge < -0.3 is 15.5 Å². The first kappa shape index (κ1) is 19.9. The van der Waals surface area contributed by atoms with E-state index in [1.165, 1.54) is 4.90 Å². The van der Waals surface area contributed by atoms with E-state index in [1.807, 2.05) is 6.07 Å². The van der Waals surface area contributed by atoms with Gasteiger partial charge in [0.25, 0.3) is 11.8 Å². The van der Waals surface area contributed by atoms with Crippen LogP contribution in [-0.4, -0.2) is 53.7 Å². The number of imide groups is 1. The Kier molecular flexibility index (Phi) is 5.35. The summed E-state index contributed by atoms with van der Waals surface area (Å²) in [5.41, 5.74) is 2.02. The molecular weight excluding hydrogens is 382 g/mol. The first-order valence-corrected chi connectivity index (χ1v) is 9.94. The van der Waals surface area contributed by atoms with Gasteiger partial charge in [0.05, 0.1) is 6.04 Å². The zero-order valence-electron chi connectivity index (χ0n) is 16.0. The lowest BCUT2D eigenvalue weighted by Gasteiger charge is -2.29. The highest BCUT2D eigenvalue weighted by Crippen LogP contribution is 2.31. The van der Waals surface area contributed by atoms with Gasteiger partial charge in [-0.15, -0.1) is 0 Å². The van der Waals surface area contributed by atoms with Crippen LogP contribution in [0.25, 0.3) is 0 Å². The molecule has 29 heavy (non-hydrogen) atoms. The molecule has 0 radical (unpaired) electrons. The van der Waals surface area contributed by atoms with E-state index in [9.17, 15) is 23.2 Å². The number of rotatable bonds is 4. The number of carbonyl (C=O) groups is 3. The quantitative estimate of drug-likeness (QED) is 0.647. The van der Waals surface area contributed by atoms with Crippen molar-refractivity contribution in [1.29, 1.82) is 0 Å². The van der Waals surface area contributed by atoms with Crippen LogP contribution in [0.1, 0.15) is 47.2 Å². The fraction of sp³-hybridized carbons (Fsp3) is 0.550. The second-order valence-corrected chi connectivity index (χ2v) is 7.83. The molecule has 156 valence electrons. The number of hydrogen-bond donors (Lipinski definition) is 3. The van der Waals surface area contributed by atoms with E-state index in [-0.39, 0.29) is 37.7 Å². The van der Waals surface area contributed by atoms with Crippen LogP contribution in [0.3, 0.4) is 0 Å². The summed E-state index contributed by atoms with van der Waals surface area (Å²) in [5, 5.41) is 8.25. The molecule has 3 heterocycles. The van der Waals surface area contributed by atoms with Crippen LogP contribution in [-0.2, 0) is 22.7 Å². The number of benzene rings is 1. The average Bonchev–Trinajstić information content (AvgIpc) is 2.90. The van der Waals surface area contributed by atoms with Gasteiger partial charge in [-0.3, -0.25) is 19.7 Å². The topological polar surface area (TPSA) is 90.5 Å². The van der Waals surface area contributed by atoms with Crippen LogP contribution in [0.4, 0.5) is 8.78 Å². The minimum atomic E-state index is -2.80. The highest BCUT2D eigenvalue weighted by atomic mass is 19.3. The lowest BCUT2D eigenvalue weighted by molar-refractivity contribution is -0.136. The third-order valence-corrected chi connectivity index (χ3v) is 5.97. The molecule has 9 heteroatoms. The molecule has 4 rings (SSSR count). The number of piperidine rings is 1. The van der Waals surface area contributed by atoms with Gasteiger partial charge in [0, 0.05) is 38.0 Å². The van der Waals surface area contributed by atoms with Crippen LogP contribution < -0.4 is 16.0 Å². The van der Waals surface area contributed by atoms with Crippen LogP contribution in [0.2, 0.25) is 0 Å². The van der Waals surface area contributed by atoms with Gasteiger partial charge in [0.2, 0.25) is 11.8 Å². The van der Waals surface area contributed by atoms with Crippen molar-refractivity contribution < 1.29 is 23.2 Å². The molecule has 1 aromatic carbocycles. The van der Waals surface area contributed by atoms with E-state index < -0.39 is 23.9 Å². The van der Waals surface area contributed by atoms with Crippen molar-refractivity contribution in [1.82, 2.24) is 20.9 Å². The van der Waals surface area contributed by atoms with Crippen molar-refractivity contribution in [3.05, 3.63) is 34.9 Å². The summed E-state index contributed by atoms with van der Waals surface area (Å²) in [6.45, 7) is 1.28. The predicted octanol–water partition coefficient (Wildman–Crippen LogP) is 0.924. The van der Waals surface area contributed by atoms with Gasteiger partial charge >= 0.3 is 0 Å². The molecule has 0 saturated carbocycles. The largest absolute Gasteiger partial charge is 0.322 e. The van der Waals surface area contributed by atoms with Gasteiger partial charge in [-0.2, -0.15) is 0 Å². The number of carbonyl (C=O) groups excluding carboxylic acids is 3. The number of amides is 3. The molecule has 3 aliphatic heterocycles. The van der Waals surface area contributed by atoms with E-state index in [1.54, 1.807) is 12.1 Å². The zero-order valence-corrected chi connectivity index (χ0v) is 16.0. The normalized spacial score (nSPS) is 26.8. The summed E-state index contributed by atoms with van der Waals surface area (Å²) in [4.78, 5) is 37.9. The van der Waals surface area contributed by atoms with Crippen LogP contribution >= 0.6 is 0 Å². The Morgan fingerprint density at radius 1 is 1.17 bits per heavy atom. The van der Waals surface area contributed by atoms with Gasteiger partial charge in [-0.1, -0.05) is 12.1 Å². The lowest BCUT2D eigenvalue weighted by Crippen LogP contribution is -2.52. The number of alkyl halides is 2. The molecule has 0 aromatic heterocycles. The van der Waals surface area contributed by atoms with Gasteiger partial charge in [0.15, 0.2) is 0 Å². The third kappa shape index (κ3) is 3.89. The minimum Gasteiger partial charge on any atom is -0.322 e. The van der Waals surface area contributed by atoms with Crippen LogP contribution in [0.5, 0.6) is 0 Å². The Bertz CT molecular complexity index is 845. The summed E-state index contributed by atoms with van der Waals surface area (Å²) in [5.74, 6) is -3.86. The Morgan fingerprint density at radius 3 is 2.79 bits per heavy atom.